The lowest BCUT2D eigenvalue weighted by atomic mass is 10.2. The summed E-state index contributed by atoms with van der Waals surface area (Å²) in [5.74, 6) is -0.504. The highest BCUT2D eigenvalue weighted by Gasteiger charge is 2.17. The van der Waals surface area contributed by atoms with E-state index in [2.05, 4.69) is 31.5 Å². The Kier molecular flexibility index (Phi) is 5.27. The molecule has 0 radical (unpaired) electrons. The van der Waals surface area contributed by atoms with Gasteiger partial charge in [0.15, 0.2) is 0 Å². The number of pyridine rings is 1. The summed E-state index contributed by atoms with van der Waals surface area (Å²) in [6.45, 7) is 5.38. The molecular formula is C12H16BrN3O2. The predicted octanol–water partition coefficient (Wildman–Crippen LogP) is 1.49. The molecule has 5 nitrogen and oxygen atoms in total. The third-order valence-corrected chi connectivity index (χ3v) is 2.59. The first-order chi connectivity index (χ1) is 8.40. The average molecular weight is 314 g/mol. The third-order valence-electron chi connectivity index (χ3n) is 2.16. The molecule has 0 bridgehead atoms. The lowest BCUT2D eigenvalue weighted by Gasteiger charge is -2.16. The fourth-order valence-electron chi connectivity index (χ4n) is 1.30. The van der Waals surface area contributed by atoms with E-state index in [9.17, 15) is 9.59 Å². The van der Waals surface area contributed by atoms with Crippen LogP contribution < -0.4 is 10.6 Å². The molecule has 98 valence electrons. The van der Waals surface area contributed by atoms with Crippen molar-refractivity contribution < 1.29 is 9.59 Å². The number of hydrogen-bond acceptors (Lipinski definition) is 3. The number of amides is 2. The summed E-state index contributed by atoms with van der Waals surface area (Å²) < 4.78 is 0.578. The van der Waals surface area contributed by atoms with Crippen LogP contribution in [-0.4, -0.2) is 28.9 Å². The molecule has 0 fully saturated rings. The zero-order valence-electron chi connectivity index (χ0n) is 10.5. The minimum Gasteiger partial charge on any atom is -0.352 e. The van der Waals surface area contributed by atoms with E-state index in [0.717, 1.165) is 0 Å². The van der Waals surface area contributed by atoms with Gasteiger partial charge in [-0.25, -0.2) is 4.98 Å². The van der Waals surface area contributed by atoms with Gasteiger partial charge in [0.1, 0.15) is 10.6 Å². The van der Waals surface area contributed by atoms with Crippen molar-refractivity contribution in [1.82, 2.24) is 15.6 Å². The molecule has 0 aliphatic carbocycles. The summed E-state index contributed by atoms with van der Waals surface area (Å²) in [6, 6.07) is 2.66. The van der Waals surface area contributed by atoms with Crippen LogP contribution in [0.3, 0.4) is 0 Å². The molecule has 0 saturated heterocycles. The van der Waals surface area contributed by atoms with E-state index in [1.165, 1.54) is 6.20 Å². The van der Waals surface area contributed by atoms with Gasteiger partial charge in [0.25, 0.3) is 5.91 Å². The van der Waals surface area contributed by atoms with E-state index in [1.807, 2.05) is 13.8 Å². The van der Waals surface area contributed by atoms with Gasteiger partial charge in [-0.05, 0) is 48.8 Å². The van der Waals surface area contributed by atoms with Crippen LogP contribution >= 0.6 is 15.9 Å². The van der Waals surface area contributed by atoms with Gasteiger partial charge in [-0.1, -0.05) is 0 Å². The second kappa shape index (κ2) is 6.49. The molecule has 0 aliphatic rings. The number of halogens is 1. The Balaban J connectivity index is 2.62. The molecule has 1 aromatic rings. The Bertz CT molecular complexity index is 449. The van der Waals surface area contributed by atoms with Crippen LogP contribution in [0.4, 0.5) is 0 Å². The minimum absolute atomic E-state index is 0.0481. The van der Waals surface area contributed by atoms with Gasteiger partial charge >= 0.3 is 0 Å². The van der Waals surface area contributed by atoms with Crippen LogP contribution in [0.1, 0.15) is 31.1 Å². The van der Waals surface area contributed by atoms with Crippen molar-refractivity contribution in [3.8, 4) is 0 Å². The van der Waals surface area contributed by atoms with Crippen molar-refractivity contribution in [2.75, 3.05) is 0 Å². The molecular weight excluding hydrogens is 298 g/mol. The molecule has 1 rings (SSSR count). The minimum atomic E-state index is -0.577. The summed E-state index contributed by atoms with van der Waals surface area (Å²) in [5.41, 5.74) is 0.459. The number of carbonyl (C=O) groups excluding carboxylic acids is 2. The first-order valence-electron chi connectivity index (χ1n) is 5.63. The van der Waals surface area contributed by atoms with Crippen molar-refractivity contribution in [2.45, 2.75) is 32.9 Å². The Labute approximate surface area is 114 Å². The number of carbonyl (C=O) groups is 2. The summed E-state index contributed by atoms with van der Waals surface area (Å²) in [5, 5.41) is 5.36. The molecule has 6 heteroatoms. The maximum Gasteiger partial charge on any atom is 0.252 e. The lowest BCUT2D eigenvalue weighted by Crippen LogP contribution is -2.46. The maximum atomic E-state index is 11.9. The normalized spacial score (nSPS) is 12.1. The van der Waals surface area contributed by atoms with Crippen molar-refractivity contribution in [1.29, 1.82) is 0 Å². The van der Waals surface area contributed by atoms with E-state index in [-0.39, 0.29) is 17.9 Å². The van der Waals surface area contributed by atoms with Gasteiger partial charge in [0.2, 0.25) is 5.91 Å². The zero-order chi connectivity index (χ0) is 13.7. The van der Waals surface area contributed by atoms with E-state index < -0.39 is 6.04 Å². The average Bonchev–Trinajstić information content (AvgIpc) is 2.27. The molecule has 0 aliphatic heterocycles. The van der Waals surface area contributed by atoms with Crippen LogP contribution in [-0.2, 0) is 4.79 Å². The van der Waals surface area contributed by atoms with Gasteiger partial charge in [-0.3, -0.25) is 9.59 Å². The monoisotopic (exact) mass is 313 g/mol. The quantitative estimate of drug-likeness (QED) is 0.827. The number of aromatic nitrogens is 1. The standard InChI is InChI=1S/C12H16BrN3O2/c1-7(2)15-11(17)8(3)16-12(18)9-4-5-14-10(13)6-9/h4-8H,1-3H3,(H,15,17)(H,16,18). The van der Waals surface area contributed by atoms with Crippen molar-refractivity contribution in [2.24, 2.45) is 0 Å². The Hall–Kier alpha value is -1.43. The number of rotatable bonds is 4. The van der Waals surface area contributed by atoms with Gasteiger partial charge < -0.3 is 10.6 Å². The molecule has 0 aromatic carbocycles. The Morgan fingerprint density at radius 3 is 2.50 bits per heavy atom. The number of nitrogens with one attached hydrogen (secondary N) is 2. The third kappa shape index (κ3) is 4.44. The van der Waals surface area contributed by atoms with E-state index in [0.29, 0.717) is 10.2 Å². The Morgan fingerprint density at radius 1 is 1.28 bits per heavy atom. The summed E-state index contributed by atoms with van der Waals surface area (Å²) in [4.78, 5) is 27.4. The molecule has 0 spiro atoms. The van der Waals surface area contributed by atoms with Crippen molar-refractivity contribution in [3.05, 3.63) is 28.5 Å². The molecule has 1 aromatic heterocycles. The predicted molar refractivity (Wildman–Crippen MR) is 72.1 cm³/mol. The summed E-state index contributed by atoms with van der Waals surface area (Å²) in [7, 11) is 0. The van der Waals surface area contributed by atoms with E-state index in [4.69, 9.17) is 0 Å². The van der Waals surface area contributed by atoms with Crippen LogP contribution in [0.15, 0.2) is 22.9 Å². The molecule has 18 heavy (non-hydrogen) atoms. The van der Waals surface area contributed by atoms with E-state index in [1.54, 1.807) is 19.1 Å². The fourth-order valence-corrected chi connectivity index (χ4v) is 1.66. The topological polar surface area (TPSA) is 71.1 Å². The number of nitrogens with zero attached hydrogens (tertiary/aromatic N) is 1. The summed E-state index contributed by atoms with van der Waals surface area (Å²) >= 11 is 3.19. The fraction of sp³-hybridized carbons (Fsp3) is 0.417. The van der Waals surface area contributed by atoms with Gasteiger partial charge in [0, 0.05) is 17.8 Å². The van der Waals surface area contributed by atoms with E-state index >= 15 is 0 Å². The first-order valence-corrected chi connectivity index (χ1v) is 6.42. The van der Waals surface area contributed by atoms with Gasteiger partial charge in [-0.2, -0.15) is 0 Å². The second-order valence-corrected chi connectivity index (χ2v) is 5.04. The lowest BCUT2D eigenvalue weighted by molar-refractivity contribution is -0.123. The zero-order valence-corrected chi connectivity index (χ0v) is 12.1. The molecule has 1 heterocycles. The highest BCUT2D eigenvalue weighted by molar-refractivity contribution is 9.10. The molecule has 1 atom stereocenters. The molecule has 1 unspecified atom stereocenters. The van der Waals surface area contributed by atoms with Crippen molar-refractivity contribution in [3.63, 3.8) is 0 Å². The summed E-state index contributed by atoms with van der Waals surface area (Å²) in [6.07, 6.45) is 1.53. The molecule has 2 N–H and O–H groups in total. The smallest absolute Gasteiger partial charge is 0.252 e. The highest BCUT2D eigenvalue weighted by Crippen LogP contribution is 2.08. The van der Waals surface area contributed by atoms with Gasteiger partial charge in [-0.15, -0.1) is 0 Å². The molecule has 2 amide bonds. The SMILES string of the molecule is CC(C)NC(=O)C(C)NC(=O)c1ccnc(Br)c1. The second-order valence-electron chi connectivity index (χ2n) is 4.23. The van der Waals surface area contributed by atoms with Crippen molar-refractivity contribution >= 4 is 27.7 Å². The van der Waals surface area contributed by atoms with Gasteiger partial charge in [0.05, 0.1) is 0 Å². The molecule has 0 saturated carbocycles. The van der Waals surface area contributed by atoms with Crippen LogP contribution in [0.2, 0.25) is 0 Å². The first kappa shape index (κ1) is 14.6. The van der Waals surface area contributed by atoms with Crippen LogP contribution in [0.5, 0.6) is 0 Å². The highest BCUT2D eigenvalue weighted by atomic mass is 79.9. The Morgan fingerprint density at radius 2 is 1.94 bits per heavy atom. The largest absolute Gasteiger partial charge is 0.352 e. The number of hydrogen-bond donors (Lipinski definition) is 2. The maximum absolute atomic E-state index is 11.9. The van der Waals surface area contributed by atoms with Crippen LogP contribution in [0.25, 0.3) is 0 Å². The van der Waals surface area contributed by atoms with Crippen LogP contribution in [0, 0.1) is 0 Å².